The van der Waals surface area contributed by atoms with E-state index in [2.05, 4.69) is 31.9 Å². The van der Waals surface area contributed by atoms with Crippen LogP contribution in [0.25, 0.3) is 11.0 Å². The quantitative estimate of drug-likeness (QED) is 0.295. The minimum atomic E-state index is -0.371. The van der Waals surface area contributed by atoms with Gasteiger partial charge < -0.3 is 19.8 Å². The molecule has 4 aromatic rings. The summed E-state index contributed by atoms with van der Waals surface area (Å²) in [5.41, 5.74) is 2.19. The van der Waals surface area contributed by atoms with Gasteiger partial charge in [0.1, 0.15) is 11.3 Å². The Morgan fingerprint density at radius 1 is 0.909 bits per heavy atom. The average Bonchev–Trinajstić information content (AvgIpc) is 3.24. The number of methoxy groups -OCH3 is 1. The number of benzene rings is 3. The van der Waals surface area contributed by atoms with Crippen molar-refractivity contribution in [2.45, 2.75) is 0 Å². The maximum Gasteiger partial charge on any atom is 0.291 e. The summed E-state index contributed by atoms with van der Waals surface area (Å²) in [6.07, 6.45) is 0. The van der Waals surface area contributed by atoms with Crippen LogP contribution in [0.5, 0.6) is 5.75 Å². The first-order chi connectivity index (χ1) is 15.9. The monoisotopic (exact) mass is 523 g/mol. The molecular weight excluding hydrogens is 506 g/mol. The zero-order valence-electron chi connectivity index (χ0n) is 17.3. The van der Waals surface area contributed by atoms with E-state index in [9.17, 15) is 9.59 Å². The molecule has 9 heteroatoms. The number of hydrogen-bond donors (Lipinski definition) is 3. The van der Waals surface area contributed by atoms with Gasteiger partial charge in [-0.15, -0.1) is 0 Å². The van der Waals surface area contributed by atoms with Crippen LogP contribution in [0.2, 0.25) is 0 Å². The molecular formula is C24H18BrN3O4S. The molecule has 3 aromatic carbocycles. The summed E-state index contributed by atoms with van der Waals surface area (Å²) >= 11 is 8.61. The molecule has 0 bridgehead atoms. The molecule has 166 valence electrons. The molecule has 0 spiro atoms. The van der Waals surface area contributed by atoms with Gasteiger partial charge in [0, 0.05) is 22.3 Å². The summed E-state index contributed by atoms with van der Waals surface area (Å²) in [6.45, 7) is 0. The van der Waals surface area contributed by atoms with E-state index in [4.69, 9.17) is 21.4 Å². The lowest BCUT2D eigenvalue weighted by Gasteiger charge is -2.12. The van der Waals surface area contributed by atoms with Crippen molar-refractivity contribution in [3.8, 4) is 5.75 Å². The van der Waals surface area contributed by atoms with Crippen molar-refractivity contribution in [2.24, 2.45) is 0 Å². The number of hydrogen-bond acceptors (Lipinski definition) is 5. The Hall–Kier alpha value is -3.69. The van der Waals surface area contributed by atoms with E-state index >= 15 is 0 Å². The predicted octanol–water partition coefficient (Wildman–Crippen LogP) is 5.58. The van der Waals surface area contributed by atoms with E-state index in [1.54, 1.807) is 61.7 Å². The normalized spacial score (nSPS) is 10.5. The van der Waals surface area contributed by atoms with Crippen LogP contribution in [-0.2, 0) is 0 Å². The summed E-state index contributed by atoms with van der Waals surface area (Å²) in [5, 5.41) is 9.34. The highest BCUT2D eigenvalue weighted by Crippen LogP contribution is 2.25. The van der Waals surface area contributed by atoms with Crippen molar-refractivity contribution < 1.29 is 18.7 Å². The van der Waals surface area contributed by atoms with Gasteiger partial charge in [0.15, 0.2) is 10.9 Å². The Morgan fingerprint density at radius 2 is 1.67 bits per heavy atom. The first-order valence-corrected chi connectivity index (χ1v) is 11.0. The fourth-order valence-electron chi connectivity index (χ4n) is 3.11. The number of carbonyl (C=O) groups excluding carboxylic acids is 2. The van der Waals surface area contributed by atoms with Gasteiger partial charge in [-0.1, -0.05) is 24.3 Å². The van der Waals surface area contributed by atoms with E-state index in [0.717, 1.165) is 5.39 Å². The van der Waals surface area contributed by atoms with Crippen LogP contribution >= 0.6 is 28.1 Å². The van der Waals surface area contributed by atoms with Gasteiger partial charge in [0.25, 0.3) is 11.8 Å². The molecule has 0 aliphatic carbocycles. The van der Waals surface area contributed by atoms with Crippen molar-refractivity contribution in [3.63, 3.8) is 0 Å². The minimum Gasteiger partial charge on any atom is -0.496 e. The molecule has 3 N–H and O–H groups in total. The van der Waals surface area contributed by atoms with E-state index in [1.165, 1.54) is 0 Å². The summed E-state index contributed by atoms with van der Waals surface area (Å²) < 4.78 is 11.4. The Kier molecular flexibility index (Phi) is 6.71. The molecule has 0 radical (unpaired) electrons. The summed E-state index contributed by atoms with van der Waals surface area (Å²) in [4.78, 5) is 25.0. The summed E-state index contributed by atoms with van der Waals surface area (Å²) in [7, 11) is 1.55. The number of anilines is 2. The fraction of sp³-hybridized carbons (Fsp3) is 0.0417. The average molecular weight is 524 g/mol. The van der Waals surface area contributed by atoms with Crippen LogP contribution in [0.4, 0.5) is 11.4 Å². The lowest BCUT2D eigenvalue weighted by atomic mass is 10.2. The van der Waals surface area contributed by atoms with E-state index < -0.39 is 0 Å². The van der Waals surface area contributed by atoms with Crippen LogP contribution < -0.4 is 20.7 Å². The van der Waals surface area contributed by atoms with Crippen molar-refractivity contribution >= 4 is 67.4 Å². The Bertz CT molecular complexity index is 1340. The number of para-hydroxylation sites is 1. The lowest BCUT2D eigenvalue weighted by molar-refractivity contribution is 0.0975. The third kappa shape index (κ3) is 5.39. The first kappa shape index (κ1) is 22.5. The fourth-order valence-corrected chi connectivity index (χ4v) is 3.86. The number of halogens is 1. The number of carbonyl (C=O) groups is 2. The van der Waals surface area contributed by atoms with Crippen LogP contribution in [0.1, 0.15) is 20.9 Å². The number of ether oxygens (including phenoxy) is 1. The zero-order valence-corrected chi connectivity index (χ0v) is 19.7. The first-order valence-electron chi connectivity index (χ1n) is 9.79. The molecule has 0 aliphatic heterocycles. The molecule has 33 heavy (non-hydrogen) atoms. The van der Waals surface area contributed by atoms with E-state index in [1.807, 2.05) is 18.2 Å². The van der Waals surface area contributed by atoms with Gasteiger partial charge in [-0.05, 0) is 76.7 Å². The highest BCUT2D eigenvalue weighted by Gasteiger charge is 2.14. The van der Waals surface area contributed by atoms with Gasteiger partial charge in [-0.25, -0.2) is 0 Å². The molecule has 2 amide bonds. The second-order valence-corrected chi connectivity index (χ2v) is 8.20. The molecule has 0 unspecified atom stereocenters. The highest BCUT2D eigenvalue weighted by molar-refractivity contribution is 9.10. The standard InChI is InChI=1S/C24H18BrN3O4S/c1-31-20-10-9-15(11-18(20)25)22(29)28-24(33)27-17-7-4-6-16(13-17)26-23(30)21-12-14-5-2-3-8-19(14)32-21/h2-13H,1H3,(H,26,30)(H2,27,28,29,33). The van der Waals surface area contributed by atoms with E-state index in [0.29, 0.717) is 32.7 Å². The second kappa shape index (κ2) is 9.85. The van der Waals surface area contributed by atoms with E-state index in [-0.39, 0.29) is 22.7 Å². The maximum absolute atomic E-state index is 12.6. The summed E-state index contributed by atoms with van der Waals surface area (Å²) in [5.74, 6) is 0.0891. The van der Waals surface area contributed by atoms with Gasteiger partial charge in [-0.2, -0.15) is 0 Å². The van der Waals surface area contributed by atoms with Crippen LogP contribution in [0, 0.1) is 0 Å². The van der Waals surface area contributed by atoms with Gasteiger partial charge in [-0.3, -0.25) is 14.9 Å². The van der Waals surface area contributed by atoms with Gasteiger partial charge in [0.2, 0.25) is 0 Å². The molecule has 0 saturated heterocycles. The molecule has 0 fully saturated rings. The predicted molar refractivity (Wildman–Crippen MR) is 135 cm³/mol. The molecule has 1 heterocycles. The van der Waals surface area contributed by atoms with Crippen LogP contribution in [0.3, 0.4) is 0 Å². The van der Waals surface area contributed by atoms with Crippen molar-refractivity contribution in [1.29, 1.82) is 0 Å². The third-order valence-electron chi connectivity index (χ3n) is 4.67. The molecule has 0 aliphatic rings. The van der Waals surface area contributed by atoms with Gasteiger partial charge >= 0.3 is 0 Å². The Morgan fingerprint density at radius 3 is 2.39 bits per heavy atom. The third-order valence-corrected chi connectivity index (χ3v) is 5.49. The maximum atomic E-state index is 12.6. The molecule has 0 atom stereocenters. The number of rotatable bonds is 5. The van der Waals surface area contributed by atoms with Gasteiger partial charge in [0.05, 0.1) is 11.6 Å². The summed E-state index contributed by atoms with van der Waals surface area (Å²) in [6, 6.07) is 21.0. The molecule has 0 saturated carbocycles. The Labute approximate surface area is 203 Å². The van der Waals surface area contributed by atoms with Crippen molar-refractivity contribution in [2.75, 3.05) is 17.7 Å². The molecule has 7 nitrogen and oxygen atoms in total. The van der Waals surface area contributed by atoms with Crippen LogP contribution in [0.15, 0.2) is 81.7 Å². The minimum absolute atomic E-state index is 0.118. The van der Waals surface area contributed by atoms with Crippen molar-refractivity contribution in [3.05, 3.63) is 88.6 Å². The number of nitrogens with one attached hydrogen (secondary N) is 3. The zero-order chi connectivity index (χ0) is 23.4. The SMILES string of the molecule is COc1ccc(C(=O)NC(=S)Nc2cccc(NC(=O)c3cc4ccccc4o3)c2)cc1Br. The number of furan rings is 1. The lowest BCUT2D eigenvalue weighted by Crippen LogP contribution is -2.34. The topological polar surface area (TPSA) is 92.6 Å². The second-order valence-electron chi connectivity index (χ2n) is 6.94. The number of amides is 2. The highest BCUT2D eigenvalue weighted by atomic mass is 79.9. The molecule has 4 rings (SSSR count). The number of thiocarbonyl (C=S) groups is 1. The van der Waals surface area contributed by atoms with Crippen molar-refractivity contribution in [1.82, 2.24) is 5.32 Å². The smallest absolute Gasteiger partial charge is 0.291 e. The van der Waals surface area contributed by atoms with Crippen LogP contribution in [-0.4, -0.2) is 24.0 Å². The molecule has 1 aromatic heterocycles. The number of fused-ring (bicyclic) bond motifs is 1. The largest absolute Gasteiger partial charge is 0.496 e. The Balaban J connectivity index is 1.39.